The lowest BCUT2D eigenvalue weighted by molar-refractivity contribution is -0.115. The standard InChI is InChI=1S/C19H16ClN5O/c1-25(11-12-5-3-2-4-6-12)19-23-16(18(26)24-19)7-13-9-21-17-15(13)8-14(20)10-22-17/h2-10H,11H2,1H3,(H,21,22)(H,23,24,26). The zero-order valence-corrected chi connectivity index (χ0v) is 14.8. The molecule has 130 valence electrons. The van der Waals surface area contributed by atoms with Crippen molar-refractivity contribution in [1.29, 1.82) is 0 Å². The summed E-state index contributed by atoms with van der Waals surface area (Å²) < 4.78 is 0. The summed E-state index contributed by atoms with van der Waals surface area (Å²) in [6, 6.07) is 11.8. The van der Waals surface area contributed by atoms with Gasteiger partial charge in [0.1, 0.15) is 11.3 Å². The van der Waals surface area contributed by atoms with Crippen molar-refractivity contribution in [2.45, 2.75) is 6.54 Å². The number of aromatic nitrogens is 2. The van der Waals surface area contributed by atoms with Gasteiger partial charge >= 0.3 is 0 Å². The fraction of sp³-hybridized carbons (Fsp3) is 0.105. The predicted octanol–water partition coefficient (Wildman–Crippen LogP) is 3.18. The molecule has 2 aromatic heterocycles. The molecule has 26 heavy (non-hydrogen) atoms. The molecule has 0 saturated heterocycles. The normalized spacial score (nSPS) is 15.4. The highest BCUT2D eigenvalue weighted by Crippen LogP contribution is 2.23. The van der Waals surface area contributed by atoms with Gasteiger partial charge < -0.3 is 9.88 Å². The van der Waals surface area contributed by atoms with Crippen molar-refractivity contribution in [3.63, 3.8) is 0 Å². The number of H-pyrrole nitrogens is 1. The zero-order chi connectivity index (χ0) is 18.1. The molecule has 0 fully saturated rings. The van der Waals surface area contributed by atoms with E-state index in [1.165, 1.54) is 0 Å². The second-order valence-corrected chi connectivity index (χ2v) is 6.49. The Hall–Kier alpha value is -3.12. The van der Waals surface area contributed by atoms with Gasteiger partial charge in [0.15, 0.2) is 0 Å². The SMILES string of the molecule is CN(Cc1ccccc1)C1=NC(=Cc2c[nH]c3ncc(Cl)cc23)C(=O)N1. The van der Waals surface area contributed by atoms with E-state index < -0.39 is 0 Å². The predicted molar refractivity (Wildman–Crippen MR) is 103 cm³/mol. The lowest BCUT2D eigenvalue weighted by atomic mass is 10.2. The number of guanidine groups is 1. The molecule has 3 heterocycles. The number of aliphatic imine (C=N–C) groups is 1. The van der Waals surface area contributed by atoms with Gasteiger partial charge in [0, 0.05) is 36.9 Å². The number of nitrogens with one attached hydrogen (secondary N) is 2. The maximum atomic E-state index is 12.3. The average molecular weight is 366 g/mol. The molecular weight excluding hydrogens is 350 g/mol. The third-order valence-corrected chi connectivity index (χ3v) is 4.34. The van der Waals surface area contributed by atoms with Crippen LogP contribution in [0.4, 0.5) is 0 Å². The number of carbonyl (C=O) groups excluding carboxylic acids is 1. The molecule has 0 bridgehead atoms. The lowest BCUT2D eigenvalue weighted by Crippen LogP contribution is -2.37. The molecular formula is C19H16ClN5O. The van der Waals surface area contributed by atoms with Crippen LogP contribution < -0.4 is 5.32 Å². The summed E-state index contributed by atoms with van der Waals surface area (Å²) >= 11 is 6.02. The molecule has 2 N–H and O–H groups in total. The van der Waals surface area contributed by atoms with Crippen molar-refractivity contribution < 1.29 is 4.79 Å². The molecule has 0 aliphatic carbocycles. The number of aromatic amines is 1. The Labute approximate surface area is 155 Å². The molecule has 0 saturated carbocycles. The first-order valence-corrected chi connectivity index (χ1v) is 8.47. The molecule has 3 aromatic rings. The molecule has 0 spiro atoms. The molecule has 1 aromatic carbocycles. The van der Waals surface area contributed by atoms with Crippen molar-refractivity contribution in [3.8, 4) is 0 Å². The summed E-state index contributed by atoms with van der Waals surface area (Å²) in [5.41, 5.74) is 3.02. The summed E-state index contributed by atoms with van der Waals surface area (Å²) in [6.45, 7) is 0.653. The van der Waals surface area contributed by atoms with Gasteiger partial charge in [-0.1, -0.05) is 41.9 Å². The van der Waals surface area contributed by atoms with Crippen molar-refractivity contribution >= 4 is 40.6 Å². The minimum atomic E-state index is -0.232. The molecule has 1 aliphatic heterocycles. The van der Waals surface area contributed by atoms with Gasteiger partial charge in [-0.2, -0.15) is 0 Å². The summed E-state index contributed by atoms with van der Waals surface area (Å²) in [4.78, 5) is 25.9. The van der Waals surface area contributed by atoms with E-state index in [0.717, 1.165) is 16.5 Å². The maximum Gasteiger partial charge on any atom is 0.276 e. The Morgan fingerprint density at radius 1 is 1.27 bits per heavy atom. The molecule has 1 amide bonds. The lowest BCUT2D eigenvalue weighted by Gasteiger charge is -2.17. The van der Waals surface area contributed by atoms with Crippen LogP contribution in [0.5, 0.6) is 0 Å². The molecule has 7 heteroatoms. The van der Waals surface area contributed by atoms with Gasteiger partial charge in [0.25, 0.3) is 5.91 Å². The van der Waals surface area contributed by atoms with Crippen molar-refractivity contribution in [2.75, 3.05) is 7.05 Å². The summed E-state index contributed by atoms with van der Waals surface area (Å²) in [5.74, 6) is 0.297. The maximum absolute atomic E-state index is 12.3. The Kier molecular flexibility index (Phi) is 4.18. The van der Waals surface area contributed by atoms with E-state index in [1.807, 2.05) is 48.3 Å². The number of carbonyl (C=O) groups is 1. The molecule has 0 unspecified atom stereocenters. The quantitative estimate of drug-likeness (QED) is 0.700. The van der Waals surface area contributed by atoms with E-state index in [1.54, 1.807) is 18.5 Å². The highest BCUT2D eigenvalue weighted by molar-refractivity contribution is 6.31. The molecule has 4 rings (SSSR count). The number of halogens is 1. The van der Waals surface area contributed by atoms with Gasteiger partial charge in [0.05, 0.1) is 5.02 Å². The number of hydrogen-bond acceptors (Lipinski definition) is 4. The Balaban J connectivity index is 1.61. The number of benzene rings is 1. The first-order valence-electron chi connectivity index (χ1n) is 8.09. The van der Waals surface area contributed by atoms with E-state index in [9.17, 15) is 4.79 Å². The molecule has 1 aliphatic rings. The average Bonchev–Trinajstić information content (AvgIpc) is 3.20. The number of pyridine rings is 1. The summed E-state index contributed by atoms with van der Waals surface area (Å²) in [7, 11) is 1.89. The molecule has 0 atom stereocenters. The monoisotopic (exact) mass is 365 g/mol. The van der Waals surface area contributed by atoms with Gasteiger partial charge in [0.2, 0.25) is 5.96 Å². The number of fused-ring (bicyclic) bond motifs is 1. The fourth-order valence-electron chi connectivity index (χ4n) is 2.83. The van der Waals surface area contributed by atoms with E-state index >= 15 is 0 Å². The first kappa shape index (κ1) is 16.4. The number of nitrogens with zero attached hydrogens (tertiary/aromatic N) is 3. The minimum Gasteiger partial charge on any atom is -0.346 e. The van der Waals surface area contributed by atoms with Crippen molar-refractivity contribution in [3.05, 3.63) is 70.6 Å². The number of hydrogen-bond donors (Lipinski definition) is 2. The second kappa shape index (κ2) is 6.65. The molecule has 6 nitrogen and oxygen atoms in total. The van der Waals surface area contributed by atoms with E-state index in [2.05, 4.69) is 20.3 Å². The Morgan fingerprint density at radius 3 is 2.88 bits per heavy atom. The fourth-order valence-corrected chi connectivity index (χ4v) is 2.99. The molecule has 0 radical (unpaired) electrons. The Morgan fingerprint density at radius 2 is 2.08 bits per heavy atom. The van der Waals surface area contributed by atoms with Crippen LogP contribution in [0, 0.1) is 0 Å². The minimum absolute atomic E-state index is 0.232. The third kappa shape index (κ3) is 3.19. The summed E-state index contributed by atoms with van der Waals surface area (Å²) in [6.07, 6.45) is 5.10. The van der Waals surface area contributed by atoms with Crippen molar-refractivity contribution in [2.24, 2.45) is 4.99 Å². The van der Waals surface area contributed by atoms with Gasteiger partial charge in [-0.15, -0.1) is 0 Å². The van der Waals surface area contributed by atoms with E-state index in [4.69, 9.17) is 11.6 Å². The highest BCUT2D eigenvalue weighted by Gasteiger charge is 2.23. The van der Waals surface area contributed by atoms with Gasteiger partial charge in [-0.3, -0.25) is 10.1 Å². The van der Waals surface area contributed by atoms with Crippen LogP contribution in [0.1, 0.15) is 11.1 Å². The van der Waals surface area contributed by atoms with Crippen molar-refractivity contribution in [1.82, 2.24) is 20.2 Å². The van der Waals surface area contributed by atoms with Crippen LogP contribution in [0.2, 0.25) is 5.02 Å². The van der Waals surface area contributed by atoms with Crippen LogP contribution >= 0.6 is 11.6 Å². The van der Waals surface area contributed by atoms with Gasteiger partial charge in [-0.25, -0.2) is 9.98 Å². The topological polar surface area (TPSA) is 73.4 Å². The van der Waals surface area contributed by atoms with E-state index in [0.29, 0.717) is 28.9 Å². The van der Waals surface area contributed by atoms with E-state index in [-0.39, 0.29) is 5.91 Å². The number of rotatable bonds is 3. The van der Waals surface area contributed by atoms with Crippen LogP contribution in [0.15, 0.2) is 59.5 Å². The number of amides is 1. The smallest absolute Gasteiger partial charge is 0.276 e. The van der Waals surface area contributed by atoms with Crippen LogP contribution in [0.3, 0.4) is 0 Å². The largest absolute Gasteiger partial charge is 0.346 e. The third-order valence-electron chi connectivity index (χ3n) is 4.13. The zero-order valence-electron chi connectivity index (χ0n) is 14.0. The van der Waals surface area contributed by atoms with Crippen LogP contribution in [0.25, 0.3) is 17.1 Å². The van der Waals surface area contributed by atoms with Crippen LogP contribution in [-0.4, -0.2) is 33.8 Å². The van der Waals surface area contributed by atoms with Crippen LogP contribution in [-0.2, 0) is 11.3 Å². The second-order valence-electron chi connectivity index (χ2n) is 6.05. The Bertz CT molecular complexity index is 1040. The highest BCUT2D eigenvalue weighted by atomic mass is 35.5. The van der Waals surface area contributed by atoms with Gasteiger partial charge in [-0.05, 0) is 17.7 Å². The summed E-state index contributed by atoms with van der Waals surface area (Å²) in [5, 5.41) is 4.20. The first-order chi connectivity index (χ1) is 12.6.